The van der Waals surface area contributed by atoms with Gasteiger partial charge in [0.05, 0.1) is 23.6 Å². The fourth-order valence-corrected chi connectivity index (χ4v) is 3.28. The highest BCUT2D eigenvalue weighted by molar-refractivity contribution is 7.99. The van der Waals surface area contributed by atoms with Crippen LogP contribution in [0.4, 0.5) is 5.69 Å². The largest absolute Gasteiger partial charge is 0.492 e. The van der Waals surface area contributed by atoms with Gasteiger partial charge in [0.15, 0.2) is 0 Å². The molecular formula is C19H19N5O4S. The lowest BCUT2D eigenvalue weighted by molar-refractivity contribution is -0.113. The molecule has 0 fully saturated rings. The second-order valence-electron chi connectivity index (χ2n) is 5.97. The maximum absolute atomic E-state index is 12.4. The van der Waals surface area contributed by atoms with Crippen molar-refractivity contribution in [1.82, 2.24) is 20.2 Å². The van der Waals surface area contributed by atoms with Gasteiger partial charge < -0.3 is 15.2 Å². The van der Waals surface area contributed by atoms with Crippen molar-refractivity contribution in [2.24, 2.45) is 0 Å². The predicted octanol–water partition coefficient (Wildman–Crippen LogP) is 2.80. The van der Waals surface area contributed by atoms with Gasteiger partial charge in [-0.05, 0) is 54.1 Å². The van der Waals surface area contributed by atoms with Gasteiger partial charge in [-0.15, -0.1) is 5.10 Å². The number of carbonyl (C=O) groups is 2. The summed E-state index contributed by atoms with van der Waals surface area (Å²) in [5, 5.41) is 24.0. The van der Waals surface area contributed by atoms with Crippen molar-refractivity contribution in [3.05, 3.63) is 53.6 Å². The molecule has 29 heavy (non-hydrogen) atoms. The molecule has 10 heteroatoms. The van der Waals surface area contributed by atoms with E-state index in [0.717, 1.165) is 17.3 Å². The molecule has 0 radical (unpaired) electrons. The van der Waals surface area contributed by atoms with Gasteiger partial charge in [0.2, 0.25) is 11.1 Å². The number of para-hydroxylation sites is 2. The molecule has 1 amide bonds. The third kappa shape index (κ3) is 4.91. The Labute approximate surface area is 171 Å². The van der Waals surface area contributed by atoms with Crippen molar-refractivity contribution in [2.45, 2.75) is 19.0 Å². The van der Waals surface area contributed by atoms with Crippen molar-refractivity contribution in [2.75, 3.05) is 17.7 Å². The van der Waals surface area contributed by atoms with Gasteiger partial charge >= 0.3 is 5.97 Å². The van der Waals surface area contributed by atoms with Crippen LogP contribution in [0.5, 0.6) is 5.75 Å². The Hall–Kier alpha value is -3.40. The number of tetrazole rings is 1. The van der Waals surface area contributed by atoms with Crippen molar-refractivity contribution in [3.63, 3.8) is 0 Å². The fraction of sp³-hybridized carbons (Fsp3) is 0.211. The van der Waals surface area contributed by atoms with Gasteiger partial charge in [0.1, 0.15) is 11.4 Å². The molecule has 0 saturated heterocycles. The Kier molecular flexibility index (Phi) is 6.45. The first-order valence-corrected chi connectivity index (χ1v) is 9.75. The highest BCUT2D eigenvalue weighted by Gasteiger charge is 2.16. The van der Waals surface area contributed by atoms with Gasteiger partial charge in [-0.2, -0.15) is 4.68 Å². The number of rotatable bonds is 8. The normalized spacial score (nSPS) is 10.6. The van der Waals surface area contributed by atoms with Gasteiger partial charge in [-0.1, -0.05) is 30.0 Å². The van der Waals surface area contributed by atoms with Crippen LogP contribution in [0.15, 0.2) is 47.6 Å². The van der Waals surface area contributed by atoms with E-state index in [1.54, 1.807) is 12.1 Å². The Morgan fingerprint density at radius 3 is 2.79 bits per heavy atom. The predicted molar refractivity (Wildman–Crippen MR) is 108 cm³/mol. The Morgan fingerprint density at radius 2 is 2.03 bits per heavy atom. The van der Waals surface area contributed by atoms with Gasteiger partial charge in [-0.3, -0.25) is 4.79 Å². The number of amides is 1. The summed E-state index contributed by atoms with van der Waals surface area (Å²) in [5.41, 5.74) is 1.79. The SMILES string of the molecule is CCOc1ccccc1-n1nnnc1SCC(=O)Nc1cc(C)ccc1C(=O)O. The minimum absolute atomic E-state index is 0.00414. The minimum atomic E-state index is -1.11. The van der Waals surface area contributed by atoms with Crippen molar-refractivity contribution in [1.29, 1.82) is 0 Å². The summed E-state index contributed by atoms with van der Waals surface area (Å²) in [5.74, 6) is -0.843. The highest BCUT2D eigenvalue weighted by Crippen LogP contribution is 2.26. The molecular weight excluding hydrogens is 394 g/mol. The lowest BCUT2D eigenvalue weighted by Gasteiger charge is -2.11. The fourth-order valence-electron chi connectivity index (χ4n) is 2.59. The molecule has 150 valence electrons. The molecule has 9 nitrogen and oxygen atoms in total. The number of nitrogens with one attached hydrogen (secondary N) is 1. The molecule has 1 aromatic heterocycles. The molecule has 0 spiro atoms. The number of anilines is 1. The number of hydrogen-bond donors (Lipinski definition) is 2. The highest BCUT2D eigenvalue weighted by atomic mass is 32.2. The number of benzene rings is 2. The lowest BCUT2D eigenvalue weighted by Crippen LogP contribution is -2.17. The van der Waals surface area contributed by atoms with Crippen LogP contribution in [0.2, 0.25) is 0 Å². The third-order valence-corrected chi connectivity index (χ3v) is 4.77. The summed E-state index contributed by atoms with van der Waals surface area (Å²) in [6, 6.07) is 12.1. The number of carbonyl (C=O) groups excluding carboxylic acids is 1. The molecule has 2 N–H and O–H groups in total. The first-order chi connectivity index (χ1) is 14.0. The number of aromatic carboxylic acids is 1. The maximum atomic E-state index is 12.4. The molecule has 0 bridgehead atoms. The number of carboxylic acids is 1. The van der Waals surface area contributed by atoms with Crippen LogP contribution in [0, 0.1) is 6.92 Å². The average Bonchev–Trinajstić information content (AvgIpc) is 3.15. The van der Waals surface area contributed by atoms with E-state index >= 15 is 0 Å². The number of aryl methyl sites for hydroxylation is 1. The lowest BCUT2D eigenvalue weighted by atomic mass is 10.1. The smallest absolute Gasteiger partial charge is 0.337 e. The van der Waals surface area contributed by atoms with E-state index in [4.69, 9.17) is 4.74 Å². The second-order valence-corrected chi connectivity index (χ2v) is 6.91. The molecule has 0 aliphatic heterocycles. The van der Waals surface area contributed by atoms with Crippen LogP contribution in [-0.2, 0) is 4.79 Å². The van der Waals surface area contributed by atoms with E-state index < -0.39 is 5.97 Å². The maximum Gasteiger partial charge on any atom is 0.337 e. The van der Waals surface area contributed by atoms with Crippen LogP contribution in [0.1, 0.15) is 22.8 Å². The van der Waals surface area contributed by atoms with Crippen LogP contribution in [-0.4, -0.2) is 49.6 Å². The molecule has 0 unspecified atom stereocenters. The summed E-state index contributed by atoms with van der Waals surface area (Å²) < 4.78 is 7.10. The van der Waals surface area contributed by atoms with Crippen molar-refractivity contribution >= 4 is 29.3 Å². The quantitative estimate of drug-likeness (QED) is 0.541. The van der Waals surface area contributed by atoms with Crippen molar-refractivity contribution < 1.29 is 19.4 Å². The van der Waals surface area contributed by atoms with Crippen LogP contribution < -0.4 is 10.1 Å². The third-order valence-electron chi connectivity index (χ3n) is 3.85. The number of aromatic nitrogens is 4. The van der Waals surface area contributed by atoms with E-state index in [2.05, 4.69) is 20.8 Å². The summed E-state index contributed by atoms with van der Waals surface area (Å²) in [7, 11) is 0. The first kappa shape index (κ1) is 20.3. The van der Waals surface area contributed by atoms with E-state index in [0.29, 0.717) is 23.2 Å². The summed E-state index contributed by atoms with van der Waals surface area (Å²) in [6.07, 6.45) is 0. The van der Waals surface area contributed by atoms with Crippen molar-refractivity contribution in [3.8, 4) is 11.4 Å². The van der Waals surface area contributed by atoms with E-state index in [9.17, 15) is 14.7 Å². The Morgan fingerprint density at radius 1 is 1.24 bits per heavy atom. The zero-order valence-electron chi connectivity index (χ0n) is 15.8. The molecule has 3 aromatic rings. The molecule has 0 aliphatic rings. The molecule has 1 heterocycles. The molecule has 0 aliphatic carbocycles. The van der Waals surface area contributed by atoms with Crippen LogP contribution >= 0.6 is 11.8 Å². The van der Waals surface area contributed by atoms with Crippen LogP contribution in [0.25, 0.3) is 5.69 Å². The average molecular weight is 413 g/mol. The van der Waals surface area contributed by atoms with E-state index in [1.807, 2.05) is 38.1 Å². The topological polar surface area (TPSA) is 119 Å². The number of hydrogen-bond acceptors (Lipinski definition) is 7. The summed E-state index contributed by atoms with van der Waals surface area (Å²) >= 11 is 1.13. The molecule has 0 saturated carbocycles. The number of nitrogens with zero attached hydrogens (tertiary/aromatic N) is 4. The number of ether oxygens (including phenoxy) is 1. The zero-order valence-corrected chi connectivity index (χ0v) is 16.6. The second kappa shape index (κ2) is 9.20. The summed E-state index contributed by atoms with van der Waals surface area (Å²) in [4.78, 5) is 23.7. The Balaban J connectivity index is 1.73. The van der Waals surface area contributed by atoms with Gasteiger partial charge in [-0.25, -0.2) is 4.79 Å². The van der Waals surface area contributed by atoms with Gasteiger partial charge in [0.25, 0.3) is 0 Å². The monoisotopic (exact) mass is 413 g/mol. The number of thioether (sulfide) groups is 1. The number of carboxylic acid groups (broad SMARTS) is 1. The van der Waals surface area contributed by atoms with Crippen LogP contribution in [0.3, 0.4) is 0 Å². The van der Waals surface area contributed by atoms with Gasteiger partial charge in [0, 0.05) is 0 Å². The minimum Gasteiger partial charge on any atom is -0.492 e. The standard InChI is InChI=1S/C19H19N5O4S/c1-3-28-16-7-5-4-6-15(16)24-19(21-22-23-24)29-11-17(25)20-14-10-12(2)8-9-13(14)18(26)27/h4-10H,3,11H2,1-2H3,(H,20,25)(H,26,27). The molecule has 0 atom stereocenters. The zero-order chi connectivity index (χ0) is 20.8. The Bertz CT molecular complexity index is 1040. The van der Waals surface area contributed by atoms with E-state index in [1.165, 1.54) is 10.7 Å². The first-order valence-electron chi connectivity index (χ1n) is 8.76. The summed E-state index contributed by atoms with van der Waals surface area (Å²) in [6.45, 7) is 4.19. The molecule has 3 rings (SSSR count). The molecule has 2 aromatic carbocycles. The van der Waals surface area contributed by atoms with E-state index in [-0.39, 0.29) is 22.9 Å².